The minimum Gasteiger partial charge on any atom is -0.481 e. The number of para-hydroxylation sites is 1. The number of benzene rings is 1. The van der Waals surface area contributed by atoms with Crippen molar-refractivity contribution in [1.82, 2.24) is 0 Å². The molecule has 0 aliphatic rings. The maximum absolute atomic E-state index is 11.7. The van der Waals surface area contributed by atoms with E-state index in [-0.39, 0.29) is 18.5 Å². The number of carbonyl (C=O) groups is 2. The van der Waals surface area contributed by atoms with Crippen LogP contribution >= 0.6 is 23.2 Å². The lowest BCUT2D eigenvalue weighted by Crippen LogP contribution is -2.36. The van der Waals surface area contributed by atoms with Crippen molar-refractivity contribution in [2.75, 3.05) is 5.32 Å². The second kappa shape index (κ2) is 6.58. The van der Waals surface area contributed by atoms with Crippen LogP contribution in [0.5, 0.6) is 0 Å². The van der Waals surface area contributed by atoms with Gasteiger partial charge in [0.1, 0.15) is 0 Å². The van der Waals surface area contributed by atoms with Gasteiger partial charge in [0.2, 0.25) is 5.91 Å². The van der Waals surface area contributed by atoms with Crippen LogP contribution in [0.15, 0.2) is 18.2 Å². The number of rotatable bonds is 5. The summed E-state index contributed by atoms with van der Waals surface area (Å²) in [6.45, 7) is 0. The SMILES string of the molecule is NC(CCC(=O)O)C(=O)Nc1c(Cl)cccc1Cl. The highest BCUT2D eigenvalue weighted by atomic mass is 35.5. The summed E-state index contributed by atoms with van der Waals surface area (Å²) in [4.78, 5) is 22.0. The average Bonchev–Trinajstić information content (AvgIpc) is 2.30. The highest BCUT2D eigenvalue weighted by Crippen LogP contribution is 2.29. The number of hydrogen-bond acceptors (Lipinski definition) is 3. The van der Waals surface area contributed by atoms with Crippen molar-refractivity contribution in [3.63, 3.8) is 0 Å². The lowest BCUT2D eigenvalue weighted by Gasteiger charge is -2.13. The Labute approximate surface area is 114 Å². The third-order valence-electron chi connectivity index (χ3n) is 2.22. The topological polar surface area (TPSA) is 92.4 Å². The number of nitrogens with one attached hydrogen (secondary N) is 1. The molecule has 0 fully saturated rings. The lowest BCUT2D eigenvalue weighted by atomic mass is 10.1. The molecule has 0 aliphatic carbocycles. The zero-order valence-corrected chi connectivity index (χ0v) is 10.8. The summed E-state index contributed by atoms with van der Waals surface area (Å²) in [5, 5.41) is 11.6. The van der Waals surface area contributed by atoms with Crippen LogP contribution in [0.25, 0.3) is 0 Å². The fraction of sp³-hybridized carbons (Fsp3) is 0.273. The quantitative estimate of drug-likeness (QED) is 0.774. The molecule has 0 heterocycles. The fourth-order valence-corrected chi connectivity index (χ4v) is 1.74. The van der Waals surface area contributed by atoms with E-state index in [0.29, 0.717) is 10.0 Å². The van der Waals surface area contributed by atoms with Gasteiger partial charge >= 0.3 is 5.97 Å². The van der Waals surface area contributed by atoms with Crippen LogP contribution in [-0.4, -0.2) is 23.0 Å². The van der Waals surface area contributed by atoms with Gasteiger partial charge in [0.25, 0.3) is 0 Å². The van der Waals surface area contributed by atoms with Gasteiger partial charge in [-0.1, -0.05) is 29.3 Å². The Balaban J connectivity index is 2.67. The van der Waals surface area contributed by atoms with E-state index in [1.165, 1.54) is 0 Å². The highest BCUT2D eigenvalue weighted by molar-refractivity contribution is 6.39. The molecule has 0 saturated carbocycles. The van der Waals surface area contributed by atoms with E-state index in [2.05, 4.69) is 5.32 Å². The molecule has 4 N–H and O–H groups in total. The normalized spacial score (nSPS) is 11.9. The van der Waals surface area contributed by atoms with Crippen LogP contribution in [0, 0.1) is 0 Å². The Bertz CT molecular complexity index is 445. The second-order valence-electron chi connectivity index (χ2n) is 3.62. The predicted octanol–water partition coefficient (Wildman–Crippen LogP) is 2.12. The molecule has 18 heavy (non-hydrogen) atoms. The van der Waals surface area contributed by atoms with Crippen molar-refractivity contribution in [2.24, 2.45) is 5.73 Å². The molecule has 0 aromatic heterocycles. The number of amides is 1. The van der Waals surface area contributed by atoms with Crippen molar-refractivity contribution < 1.29 is 14.7 Å². The maximum Gasteiger partial charge on any atom is 0.303 e. The molecular formula is C11H12Cl2N2O3. The molecule has 1 rings (SSSR count). The van der Waals surface area contributed by atoms with Gasteiger partial charge in [-0.25, -0.2) is 0 Å². The Kier molecular flexibility index (Phi) is 5.40. The molecule has 0 spiro atoms. The number of carboxylic acid groups (broad SMARTS) is 1. The van der Waals surface area contributed by atoms with Gasteiger partial charge in [-0.15, -0.1) is 0 Å². The van der Waals surface area contributed by atoms with Crippen LogP contribution in [0.2, 0.25) is 10.0 Å². The van der Waals surface area contributed by atoms with Gasteiger partial charge in [0.15, 0.2) is 0 Å². The first-order valence-corrected chi connectivity index (χ1v) is 5.89. The smallest absolute Gasteiger partial charge is 0.303 e. The van der Waals surface area contributed by atoms with Crippen molar-refractivity contribution in [2.45, 2.75) is 18.9 Å². The van der Waals surface area contributed by atoms with Crippen molar-refractivity contribution in [3.8, 4) is 0 Å². The van der Waals surface area contributed by atoms with Gasteiger partial charge in [0, 0.05) is 6.42 Å². The molecule has 1 unspecified atom stereocenters. The van der Waals surface area contributed by atoms with Crippen LogP contribution < -0.4 is 11.1 Å². The number of carbonyl (C=O) groups excluding carboxylic acids is 1. The summed E-state index contributed by atoms with van der Waals surface area (Å²) >= 11 is 11.7. The zero-order valence-electron chi connectivity index (χ0n) is 9.32. The monoisotopic (exact) mass is 290 g/mol. The molecule has 5 nitrogen and oxygen atoms in total. The molecule has 0 radical (unpaired) electrons. The predicted molar refractivity (Wildman–Crippen MR) is 69.9 cm³/mol. The average molecular weight is 291 g/mol. The minimum absolute atomic E-state index is 0.0449. The van der Waals surface area contributed by atoms with E-state index in [1.807, 2.05) is 0 Å². The fourth-order valence-electron chi connectivity index (χ4n) is 1.24. The number of hydrogen-bond donors (Lipinski definition) is 3. The third-order valence-corrected chi connectivity index (χ3v) is 2.85. The highest BCUT2D eigenvalue weighted by Gasteiger charge is 2.17. The minimum atomic E-state index is -1.01. The van der Waals surface area contributed by atoms with Crippen LogP contribution in [0.3, 0.4) is 0 Å². The Morgan fingerprint density at radius 2 is 1.89 bits per heavy atom. The number of carboxylic acids is 1. The van der Waals surface area contributed by atoms with E-state index in [0.717, 1.165) is 0 Å². The molecule has 1 atom stereocenters. The summed E-state index contributed by atoms with van der Waals surface area (Å²) in [5.41, 5.74) is 5.83. The molecule has 1 amide bonds. The van der Waals surface area contributed by atoms with E-state index in [9.17, 15) is 9.59 Å². The number of aliphatic carboxylic acids is 1. The van der Waals surface area contributed by atoms with Crippen LogP contribution in [-0.2, 0) is 9.59 Å². The molecule has 1 aromatic rings. The first kappa shape index (κ1) is 14.8. The molecule has 0 aliphatic heterocycles. The Hall–Kier alpha value is -1.30. The Morgan fingerprint density at radius 3 is 2.39 bits per heavy atom. The van der Waals surface area contributed by atoms with Crippen LogP contribution in [0.4, 0.5) is 5.69 Å². The summed E-state index contributed by atoms with van der Waals surface area (Å²) in [6.07, 6.45) is -0.131. The number of halogens is 2. The maximum atomic E-state index is 11.7. The van der Waals surface area contributed by atoms with E-state index < -0.39 is 17.9 Å². The molecular weight excluding hydrogens is 279 g/mol. The van der Waals surface area contributed by atoms with Gasteiger partial charge in [0.05, 0.1) is 21.8 Å². The van der Waals surface area contributed by atoms with Gasteiger partial charge < -0.3 is 16.2 Å². The number of nitrogens with two attached hydrogens (primary N) is 1. The summed E-state index contributed by atoms with van der Waals surface area (Å²) in [6, 6.07) is 3.87. The van der Waals surface area contributed by atoms with Crippen molar-refractivity contribution in [3.05, 3.63) is 28.2 Å². The van der Waals surface area contributed by atoms with Crippen molar-refractivity contribution in [1.29, 1.82) is 0 Å². The molecule has 1 aromatic carbocycles. The Morgan fingerprint density at radius 1 is 1.33 bits per heavy atom. The van der Waals surface area contributed by atoms with E-state index in [1.54, 1.807) is 18.2 Å². The third kappa shape index (κ3) is 4.18. The molecule has 7 heteroatoms. The summed E-state index contributed by atoms with van der Waals surface area (Å²) in [7, 11) is 0. The van der Waals surface area contributed by atoms with Crippen molar-refractivity contribution >= 4 is 40.8 Å². The van der Waals surface area contributed by atoms with E-state index >= 15 is 0 Å². The molecule has 0 saturated heterocycles. The first-order valence-electron chi connectivity index (χ1n) is 5.14. The largest absolute Gasteiger partial charge is 0.481 e. The van der Waals surface area contributed by atoms with Gasteiger partial charge in [-0.3, -0.25) is 9.59 Å². The number of anilines is 1. The van der Waals surface area contributed by atoms with Crippen LogP contribution in [0.1, 0.15) is 12.8 Å². The molecule has 0 bridgehead atoms. The zero-order chi connectivity index (χ0) is 13.7. The van der Waals surface area contributed by atoms with Gasteiger partial charge in [-0.2, -0.15) is 0 Å². The van der Waals surface area contributed by atoms with Gasteiger partial charge in [-0.05, 0) is 18.6 Å². The molecule has 98 valence electrons. The summed E-state index contributed by atoms with van der Waals surface area (Å²) < 4.78 is 0. The summed E-state index contributed by atoms with van der Waals surface area (Å²) in [5.74, 6) is -1.53. The first-order chi connectivity index (χ1) is 8.41. The standard InChI is InChI=1S/C11H12Cl2N2O3/c12-6-2-1-3-7(13)10(6)15-11(18)8(14)4-5-9(16)17/h1-3,8H,4-5,14H2,(H,15,18)(H,16,17). The lowest BCUT2D eigenvalue weighted by molar-refractivity contribution is -0.137. The second-order valence-corrected chi connectivity index (χ2v) is 4.44. The van der Waals surface area contributed by atoms with E-state index in [4.69, 9.17) is 34.0 Å².